The van der Waals surface area contributed by atoms with Gasteiger partial charge in [0, 0.05) is 37.8 Å². The van der Waals surface area contributed by atoms with E-state index in [1.807, 2.05) is 13.8 Å². The number of hydrogen-bond donors (Lipinski definition) is 4. The maximum atomic E-state index is 13.4. The summed E-state index contributed by atoms with van der Waals surface area (Å²) in [4.78, 5) is 25.3. The number of phenolic OH excluding ortho intramolecular Hbond substituents is 1. The Hall–Kier alpha value is -6.41. The Morgan fingerprint density at radius 1 is 0.584 bits per heavy atom. The predicted molar refractivity (Wildman–Crippen MR) is 294 cm³/mol. The van der Waals surface area contributed by atoms with Gasteiger partial charge in [-0.1, -0.05) is 91.3 Å². The number of nitrogens with zero attached hydrogens (tertiary/aromatic N) is 4. The number of halogens is 2. The zero-order valence-corrected chi connectivity index (χ0v) is 49.2. The summed E-state index contributed by atoms with van der Waals surface area (Å²) in [6.45, 7) is 8.11. The Labute approximate surface area is 493 Å². The van der Waals surface area contributed by atoms with Gasteiger partial charge >= 0.3 is 48.9 Å². The molecule has 0 bridgehead atoms. The molecule has 77 heavy (non-hydrogen) atoms. The quantitative estimate of drug-likeness (QED) is 0.0399. The topological polar surface area (TPSA) is 281 Å². The fourth-order valence-electron chi connectivity index (χ4n) is 7.83. The standard InChI is InChI=1S/2C27H24ClN3O6S.Ba/c2*1-3-20-23(28)14-18(15-24(20)38(34,35)36)30-31-25-21-8-6-5-7-16(21)13-22(26(25)32)27(33)29-17-9-11-19(12-10-17)37-4-2;/h2*5-15,32H,3-4H2,1-2H3,(H,29,33)(H,34,35,36);/q;;+2/p-2. The molecule has 0 aliphatic rings. The summed E-state index contributed by atoms with van der Waals surface area (Å²) >= 11 is 12.4. The number of anilines is 2. The van der Waals surface area contributed by atoms with Crippen LogP contribution < -0.4 is 25.2 Å². The molecule has 0 radical (unpaired) electrons. The van der Waals surface area contributed by atoms with Crippen LogP contribution in [0.2, 0.25) is 10.0 Å². The number of benzene rings is 8. The van der Waals surface area contributed by atoms with Crippen molar-refractivity contribution in [3.63, 3.8) is 0 Å². The average molecular weight is 1240 g/mol. The molecule has 0 saturated carbocycles. The summed E-state index contributed by atoms with van der Waals surface area (Å²) in [5.41, 5.74) is 1.06. The van der Waals surface area contributed by atoms with Crippen LogP contribution in [0.1, 0.15) is 59.5 Å². The van der Waals surface area contributed by atoms with E-state index in [0.717, 1.165) is 12.1 Å². The largest absolute Gasteiger partial charge is 2.00 e. The SMILES string of the molecule is CCOc1ccc(NC(=O)c2cc3ccccc3c(N=Nc3cc(Cl)c(CC)c(S(=O)(=O)O)c3)c2O)cc1.CCOc1ccc(NC(=O)c2cc3ccccc3c(N=Nc3cc(Cl)c(CC)c(S(=O)(=O)[O-])c3)c2[O-])cc1.[Ba+2]. The van der Waals surface area contributed by atoms with E-state index in [-0.39, 0.29) is 122 Å². The second-order valence-electron chi connectivity index (χ2n) is 16.3. The van der Waals surface area contributed by atoms with Gasteiger partial charge in [-0.15, -0.1) is 5.11 Å². The van der Waals surface area contributed by atoms with Crippen molar-refractivity contribution in [2.24, 2.45) is 20.5 Å². The Morgan fingerprint density at radius 2 is 1.00 bits per heavy atom. The molecule has 0 saturated heterocycles. The fourth-order valence-corrected chi connectivity index (χ4v) is 10.3. The number of nitrogens with one attached hydrogen (secondary N) is 2. The maximum Gasteiger partial charge on any atom is 2.00 e. The van der Waals surface area contributed by atoms with E-state index < -0.39 is 48.4 Å². The van der Waals surface area contributed by atoms with Gasteiger partial charge in [0.2, 0.25) is 0 Å². The third-order valence-electron chi connectivity index (χ3n) is 11.4. The van der Waals surface area contributed by atoms with Crippen molar-refractivity contribution < 1.29 is 55.2 Å². The van der Waals surface area contributed by atoms with Crippen LogP contribution in [0.25, 0.3) is 21.5 Å². The Kier molecular flexibility index (Phi) is 20.4. The zero-order valence-electron chi connectivity index (χ0n) is 41.6. The Morgan fingerprint density at radius 3 is 1.45 bits per heavy atom. The van der Waals surface area contributed by atoms with Crippen LogP contribution in [0.3, 0.4) is 0 Å². The van der Waals surface area contributed by atoms with E-state index in [0.29, 0.717) is 57.6 Å². The number of rotatable bonds is 16. The number of aromatic hydroxyl groups is 1. The second kappa shape index (κ2) is 26.3. The summed E-state index contributed by atoms with van der Waals surface area (Å²) in [7, 11) is -9.40. The molecule has 2 amide bonds. The minimum atomic E-state index is -4.83. The van der Waals surface area contributed by atoms with Gasteiger partial charge in [0.25, 0.3) is 21.9 Å². The number of amides is 2. The summed E-state index contributed by atoms with van der Waals surface area (Å²) < 4.78 is 79.4. The van der Waals surface area contributed by atoms with Crippen LogP contribution in [0.15, 0.2) is 164 Å². The van der Waals surface area contributed by atoms with Gasteiger partial charge in [0.1, 0.15) is 32.2 Å². The van der Waals surface area contributed by atoms with Crippen LogP contribution in [0, 0.1) is 0 Å². The molecule has 8 aromatic rings. The Balaban J connectivity index is 0.000000246. The molecule has 23 heteroatoms. The molecule has 392 valence electrons. The van der Waals surface area contributed by atoms with Crippen LogP contribution in [-0.2, 0) is 33.1 Å². The van der Waals surface area contributed by atoms with Crippen LogP contribution in [-0.4, -0.2) is 105 Å². The van der Waals surface area contributed by atoms with Gasteiger partial charge in [-0.05, 0) is 134 Å². The molecule has 0 fully saturated rings. The molecular formula is C54H46BaCl2N6O12S2. The van der Waals surface area contributed by atoms with Crippen molar-refractivity contribution >= 4 is 160 Å². The Bertz CT molecular complexity index is 3560. The van der Waals surface area contributed by atoms with Gasteiger partial charge in [-0.25, -0.2) is 8.42 Å². The molecule has 8 rings (SSSR count). The third kappa shape index (κ3) is 14.6. The number of carbonyl (C=O) groups is 2. The first-order chi connectivity index (χ1) is 36.2. The minimum Gasteiger partial charge on any atom is -0.870 e. The average Bonchev–Trinajstić information content (AvgIpc) is 3.38. The van der Waals surface area contributed by atoms with Gasteiger partial charge in [-0.3, -0.25) is 14.1 Å². The molecular weight excluding hydrogens is 1200 g/mol. The van der Waals surface area contributed by atoms with Crippen molar-refractivity contribution in [1.29, 1.82) is 0 Å². The van der Waals surface area contributed by atoms with E-state index in [9.17, 15) is 45.7 Å². The first-order valence-corrected chi connectivity index (χ1v) is 26.8. The number of azo groups is 2. The van der Waals surface area contributed by atoms with E-state index in [1.54, 1.807) is 111 Å². The minimum absolute atomic E-state index is 0. The zero-order chi connectivity index (χ0) is 54.9. The molecule has 0 atom stereocenters. The number of fused-ring (bicyclic) bond motifs is 2. The smallest absolute Gasteiger partial charge is 0.870 e. The molecule has 0 aliphatic carbocycles. The first-order valence-electron chi connectivity index (χ1n) is 23.2. The second-order valence-corrected chi connectivity index (χ2v) is 19.9. The van der Waals surface area contributed by atoms with Crippen LogP contribution in [0.4, 0.5) is 34.1 Å². The van der Waals surface area contributed by atoms with Gasteiger partial charge in [0.15, 0.2) is 5.75 Å². The molecule has 0 aromatic heterocycles. The molecule has 0 spiro atoms. The van der Waals surface area contributed by atoms with Crippen LogP contribution >= 0.6 is 23.2 Å². The molecule has 0 aliphatic heterocycles. The van der Waals surface area contributed by atoms with Crippen molar-refractivity contribution in [2.75, 3.05) is 23.8 Å². The molecule has 4 N–H and O–H groups in total. The van der Waals surface area contributed by atoms with E-state index in [1.165, 1.54) is 24.3 Å². The van der Waals surface area contributed by atoms with E-state index in [4.69, 9.17) is 32.7 Å². The van der Waals surface area contributed by atoms with Crippen molar-refractivity contribution in [2.45, 2.75) is 50.3 Å². The first kappa shape index (κ1) is 59.8. The summed E-state index contributed by atoms with van der Waals surface area (Å²) in [5.74, 6) is -1.00. The molecule has 0 heterocycles. The number of carbonyl (C=O) groups excluding carboxylic acids is 2. The normalized spacial score (nSPS) is 11.5. The van der Waals surface area contributed by atoms with Crippen LogP contribution in [0.5, 0.6) is 23.0 Å². The van der Waals surface area contributed by atoms with Gasteiger partial charge in [0.05, 0.1) is 40.7 Å². The molecule has 8 aromatic carbocycles. The van der Waals surface area contributed by atoms with Crippen molar-refractivity contribution in [3.05, 3.63) is 166 Å². The number of phenols is 1. The summed E-state index contributed by atoms with van der Waals surface area (Å²) in [6, 6.07) is 35.3. The monoisotopic (exact) mass is 1240 g/mol. The maximum absolute atomic E-state index is 13.4. The van der Waals surface area contributed by atoms with Crippen molar-refractivity contribution in [1.82, 2.24) is 0 Å². The summed E-state index contributed by atoms with van der Waals surface area (Å²) in [5, 5.41) is 48.4. The molecule has 0 unspecified atom stereocenters. The fraction of sp³-hybridized carbons (Fsp3) is 0.148. The van der Waals surface area contributed by atoms with Gasteiger partial charge < -0.3 is 34.9 Å². The van der Waals surface area contributed by atoms with Gasteiger partial charge in [-0.2, -0.15) is 23.8 Å². The summed E-state index contributed by atoms with van der Waals surface area (Å²) in [6.07, 6.45) is 0.482. The van der Waals surface area contributed by atoms with Crippen molar-refractivity contribution in [3.8, 4) is 23.0 Å². The predicted octanol–water partition coefficient (Wildman–Crippen LogP) is 12.8. The van der Waals surface area contributed by atoms with E-state index >= 15 is 0 Å². The number of hydrogen-bond acceptors (Lipinski definition) is 15. The third-order valence-corrected chi connectivity index (χ3v) is 13.9. The van der Waals surface area contributed by atoms with E-state index in [2.05, 4.69) is 31.1 Å². The molecule has 18 nitrogen and oxygen atoms in total. The number of ether oxygens (including phenoxy) is 2.